The van der Waals surface area contributed by atoms with Crippen molar-refractivity contribution in [1.29, 1.82) is 0 Å². The molecule has 0 spiro atoms. The highest BCUT2D eigenvalue weighted by molar-refractivity contribution is 6.02. The monoisotopic (exact) mass is 427 g/mol. The molecule has 0 aromatic rings. The first kappa shape index (κ1) is 22.3. The van der Waals surface area contributed by atoms with Crippen LogP contribution in [0.2, 0.25) is 0 Å². The fourth-order valence-electron chi connectivity index (χ4n) is 6.13. The fraction of sp³-hybridized carbons (Fsp3) is 0.692. The van der Waals surface area contributed by atoms with Gasteiger partial charge in [0.05, 0.1) is 18.6 Å². The van der Waals surface area contributed by atoms with Gasteiger partial charge in [0.2, 0.25) is 5.71 Å². The van der Waals surface area contributed by atoms with Crippen LogP contribution in [0.4, 0.5) is 0 Å². The topological polar surface area (TPSA) is 61.5 Å². The summed E-state index contributed by atoms with van der Waals surface area (Å²) in [6, 6.07) is 0.512. The number of hydrogen-bond acceptors (Lipinski definition) is 4. The number of nitrogens with one attached hydrogen (secondary N) is 2. The Labute approximate surface area is 187 Å². The minimum atomic E-state index is -0.0183. The molecule has 0 bridgehead atoms. The molecule has 5 unspecified atom stereocenters. The summed E-state index contributed by atoms with van der Waals surface area (Å²) >= 11 is 0. The summed E-state index contributed by atoms with van der Waals surface area (Å²) in [7, 11) is 0. The first-order valence-electron chi connectivity index (χ1n) is 12.5. The van der Waals surface area contributed by atoms with E-state index in [1.165, 1.54) is 24.0 Å². The highest BCUT2D eigenvalue weighted by Crippen LogP contribution is 2.49. The molecule has 1 heterocycles. The van der Waals surface area contributed by atoms with Crippen LogP contribution < -0.4 is 10.3 Å². The van der Waals surface area contributed by atoms with Crippen molar-refractivity contribution in [3.63, 3.8) is 0 Å². The predicted octanol–water partition coefficient (Wildman–Crippen LogP) is 2.82. The molecule has 5 atom stereocenters. The zero-order valence-corrected chi connectivity index (χ0v) is 19.4. The number of allylic oxidation sites excluding steroid dienone is 3. The summed E-state index contributed by atoms with van der Waals surface area (Å²) < 4.78 is 12.2. The van der Waals surface area contributed by atoms with Gasteiger partial charge in [-0.1, -0.05) is 19.8 Å². The van der Waals surface area contributed by atoms with Gasteiger partial charge in [0.15, 0.2) is 0 Å². The number of carbonyl (C=O) groups excluding carboxylic acids is 1. The first-order chi connectivity index (χ1) is 15.2. The lowest BCUT2D eigenvalue weighted by Gasteiger charge is -2.46. The van der Waals surface area contributed by atoms with Gasteiger partial charge in [-0.3, -0.25) is 4.79 Å². The number of esters is 1. The van der Waals surface area contributed by atoms with Crippen LogP contribution >= 0.6 is 0 Å². The molecule has 2 fully saturated rings. The highest BCUT2D eigenvalue weighted by atomic mass is 16.5. The van der Waals surface area contributed by atoms with E-state index in [1.807, 2.05) is 6.92 Å². The quantitative estimate of drug-likeness (QED) is 0.640. The van der Waals surface area contributed by atoms with Gasteiger partial charge in [0, 0.05) is 30.0 Å². The molecule has 0 aromatic carbocycles. The van der Waals surface area contributed by atoms with E-state index in [0.717, 1.165) is 56.7 Å². The molecule has 0 saturated heterocycles. The van der Waals surface area contributed by atoms with Gasteiger partial charge in [0.25, 0.3) is 0 Å². The largest absolute Gasteiger partial charge is 0.489 e. The maximum absolute atomic E-state index is 12.9. The fourth-order valence-corrected chi connectivity index (χ4v) is 6.13. The predicted molar refractivity (Wildman–Crippen MR) is 123 cm³/mol. The van der Waals surface area contributed by atoms with Crippen molar-refractivity contribution < 1.29 is 19.3 Å². The molecule has 2 saturated carbocycles. The van der Waals surface area contributed by atoms with E-state index in [4.69, 9.17) is 9.47 Å². The van der Waals surface area contributed by atoms with E-state index in [1.54, 1.807) is 0 Å². The standard InChI is InChI=1S/C26H38N2O3/c1-4-27-17-11-13-21-23(15-17)31-24-16-18(28-5-2)12-14-22(24)25(21)19-9-7-8-10-20(19)26(29)30-6-3/h11,13,15,18-20,22,24,28H,4-10,12,14,16H2,1-3H3/p+1. The SMILES string of the molecule is CCNC1CCC2C(C3CCCCC3C(=O)OCC)=C3C=CC(=[NH+]CC)C=C3OC2C1. The summed E-state index contributed by atoms with van der Waals surface area (Å²) in [4.78, 5) is 16.3. The molecule has 3 aliphatic carbocycles. The molecule has 5 heteroatoms. The van der Waals surface area contributed by atoms with Gasteiger partial charge in [-0.05, 0) is 63.6 Å². The molecule has 5 nitrogen and oxygen atoms in total. The third-order valence-corrected chi connectivity index (χ3v) is 7.39. The number of fused-ring (bicyclic) bond motifs is 2. The highest BCUT2D eigenvalue weighted by Gasteiger charge is 2.46. The Morgan fingerprint density at radius 1 is 1.13 bits per heavy atom. The molecule has 0 radical (unpaired) electrons. The minimum absolute atomic E-state index is 0.00472. The Hall–Kier alpha value is -1.88. The first-order valence-corrected chi connectivity index (χ1v) is 12.5. The van der Waals surface area contributed by atoms with Crippen LogP contribution in [0.15, 0.2) is 35.1 Å². The van der Waals surface area contributed by atoms with Gasteiger partial charge >= 0.3 is 5.97 Å². The van der Waals surface area contributed by atoms with Crippen molar-refractivity contribution in [2.45, 2.75) is 77.9 Å². The summed E-state index contributed by atoms with van der Waals surface area (Å²) in [6.45, 7) is 8.54. The molecule has 1 aliphatic heterocycles. The van der Waals surface area contributed by atoms with Crippen LogP contribution in [0.1, 0.15) is 65.7 Å². The second-order valence-electron chi connectivity index (χ2n) is 9.28. The van der Waals surface area contributed by atoms with Crippen molar-refractivity contribution >= 4 is 11.7 Å². The molecule has 2 N–H and O–H groups in total. The Balaban J connectivity index is 1.73. The van der Waals surface area contributed by atoms with Gasteiger partial charge < -0.3 is 14.8 Å². The average molecular weight is 428 g/mol. The molecule has 170 valence electrons. The molecule has 0 aromatic heterocycles. The van der Waals surface area contributed by atoms with Crippen LogP contribution in [0.25, 0.3) is 0 Å². The third kappa shape index (κ3) is 4.67. The Morgan fingerprint density at radius 3 is 2.74 bits per heavy atom. The summed E-state index contributed by atoms with van der Waals surface area (Å²) in [6.07, 6.45) is 14.4. The van der Waals surface area contributed by atoms with Crippen LogP contribution in [0, 0.1) is 17.8 Å². The van der Waals surface area contributed by atoms with Gasteiger partial charge in [-0.25, -0.2) is 4.99 Å². The lowest BCUT2D eigenvalue weighted by Crippen LogP contribution is -2.71. The maximum Gasteiger partial charge on any atom is 0.309 e. The van der Waals surface area contributed by atoms with Crippen LogP contribution in [-0.2, 0) is 14.3 Å². The van der Waals surface area contributed by atoms with Gasteiger partial charge in [0.1, 0.15) is 18.4 Å². The van der Waals surface area contributed by atoms with E-state index in [9.17, 15) is 4.79 Å². The lowest BCUT2D eigenvalue weighted by atomic mass is 9.65. The van der Waals surface area contributed by atoms with Crippen molar-refractivity contribution in [2.24, 2.45) is 17.8 Å². The zero-order valence-electron chi connectivity index (χ0n) is 19.4. The average Bonchev–Trinajstić information content (AvgIpc) is 2.78. The van der Waals surface area contributed by atoms with Crippen molar-refractivity contribution in [3.05, 3.63) is 35.1 Å². The van der Waals surface area contributed by atoms with Crippen molar-refractivity contribution in [2.75, 3.05) is 19.7 Å². The van der Waals surface area contributed by atoms with Crippen LogP contribution in [0.3, 0.4) is 0 Å². The Kier molecular flexibility index (Phi) is 7.31. The van der Waals surface area contributed by atoms with Gasteiger partial charge in [-0.2, -0.15) is 0 Å². The summed E-state index contributed by atoms with van der Waals surface area (Å²) in [5.74, 6) is 1.63. The number of hydrogen-bond donors (Lipinski definition) is 2. The smallest absolute Gasteiger partial charge is 0.309 e. The molecular weight excluding hydrogens is 388 g/mol. The second kappa shape index (κ2) is 10.2. The zero-order chi connectivity index (χ0) is 21.8. The Bertz CT molecular complexity index is 794. The molecule has 0 amide bonds. The van der Waals surface area contributed by atoms with Crippen LogP contribution in [-0.4, -0.2) is 43.5 Å². The van der Waals surface area contributed by atoms with E-state index >= 15 is 0 Å². The third-order valence-electron chi connectivity index (χ3n) is 7.39. The summed E-state index contributed by atoms with van der Waals surface area (Å²) in [5.41, 5.74) is 3.80. The van der Waals surface area contributed by atoms with E-state index in [2.05, 4.69) is 42.4 Å². The van der Waals surface area contributed by atoms with Crippen LogP contribution in [0.5, 0.6) is 0 Å². The normalized spacial score (nSPS) is 34.0. The molecular formula is C26H39N2O3+. The molecule has 4 aliphatic rings. The second-order valence-corrected chi connectivity index (χ2v) is 9.28. The lowest BCUT2D eigenvalue weighted by molar-refractivity contribution is -0.450. The number of rotatable bonds is 6. The van der Waals surface area contributed by atoms with Gasteiger partial charge in [-0.15, -0.1) is 0 Å². The summed E-state index contributed by atoms with van der Waals surface area (Å²) in [5, 5.41) is 3.64. The number of carbonyl (C=O) groups is 1. The molecule has 4 rings (SSSR count). The van der Waals surface area contributed by atoms with Crippen molar-refractivity contribution in [1.82, 2.24) is 5.32 Å². The van der Waals surface area contributed by atoms with E-state index in [-0.39, 0.29) is 23.9 Å². The number of ether oxygens (including phenoxy) is 2. The van der Waals surface area contributed by atoms with E-state index < -0.39 is 0 Å². The minimum Gasteiger partial charge on any atom is -0.489 e. The maximum atomic E-state index is 12.9. The Morgan fingerprint density at radius 2 is 1.97 bits per heavy atom. The van der Waals surface area contributed by atoms with Crippen molar-refractivity contribution in [3.8, 4) is 0 Å². The molecule has 31 heavy (non-hydrogen) atoms. The van der Waals surface area contributed by atoms with E-state index in [0.29, 0.717) is 18.6 Å².